The van der Waals surface area contributed by atoms with Crippen LogP contribution in [-0.2, 0) is 6.54 Å². The van der Waals surface area contributed by atoms with Crippen LogP contribution in [0.25, 0.3) is 0 Å². The molecule has 1 aliphatic heterocycles. The van der Waals surface area contributed by atoms with Crippen molar-refractivity contribution in [2.75, 3.05) is 13.1 Å². The molecule has 0 radical (unpaired) electrons. The highest BCUT2D eigenvalue weighted by atomic mass is 32.1. The molecule has 1 aromatic rings. The zero-order valence-corrected chi connectivity index (χ0v) is 12.7. The van der Waals surface area contributed by atoms with Crippen molar-refractivity contribution in [2.45, 2.75) is 58.2 Å². The first-order chi connectivity index (χ1) is 8.67. The van der Waals surface area contributed by atoms with Gasteiger partial charge in [-0.15, -0.1) is 0 Å². The highest BCUT2D eigenvalue weighted by molar-refractivity contribution is 7.07. The minimum Gasteiger partial charge on any atom is -0.309 e. The molecule has 18 heavy (non-hydrogen) atoms. The summed E-state index contributed by atoms with van der Waals surface area (Å²) in [7, 11) is 0. The van der Waals surface area contributed by atoms with Gasteiger partial charge in [0, 0.05) is 31.2 Å². The first kappa shape index (κ1) is 14.0. The predicted molar refractivity (Wildman–Crippen MR) is 80.1 cm³/mol. The van der Waals surface area contributed by atoms with E-state index >= 15 is 0 Å². The Labute approximate surface area is 115 Å². The Morgan fingerprint density at radius 2 is 2.33 bits per heavy atom. The van der Waals surface area contributed by atoms with Crippen LogP contribution in [-0.4, -0.2) is 29.6 Å². The highest BCUT2D eigenvalue weighted by Crippen LogP contribution is 2.23. The lowest BCUT2D eigenvalue weighted by atomic mass is 9.92. The van der Waals surface area contributed by atoms with Gasteiger partial charge in [0.1, 0.15) is 0 Å². The van der Waals surface area contributed by atoms with Crippen molar-refractivity contribution in [2.24, 2.45) is 0 Å². The van der Waals surface area contributed by atoms with Gasteiger partial charge in [-0.1, -0.05) is 20.3 Å². The van der Waals surface area contributed by atoms with Crippen LogP contribution in [0.2, 0.25) is 0 Å². The van der Waals surface area contributed by atoms with E-state index in [-0.39, 0.29) is 0 Å². The summed E-state index contributed by atoms with van der Waals surface area (Å²) >= 11 is 1.81. The molecule has 0 saturated carbocycles. The first-order valence-electron chi connectivity index (χ1n) is 7.17. The lowest BCUT2D eigenvalue weighted by Crippen LogP contribution is -2.62. The van der Waals surface area contributed by atoms with E-state index in [0.29, 0.717) is 11.6 Å². The molecule has 102 valence electrons. The van der Waals surface area contributed by atoms with Gasteiger partial charge in [-0.2, -0.15) is 11.3 Å². The van der Waals surface area contributed by atoms with E-state index in [1.807, 2.05) is 0 Å². The molecule has 1 N–H and O–H groups in total. The van der Waals surface area contributed by atoms with Crippen LogP contribution < -0.4 is 5.32 Å². The Kier molecular flexibility index (Phi) is 4.82. The molecule has 0 bridgehead atoms. The summed E-state index contributed by atoms with van der Waals surface area (Å²) in [4.78, 5) is 2.69. The Morgan fingerprint density at radius 3 is 2.94 bits per heavy atom. The van der Waals surface area contributed by atoms with Gasteiger partial charge < -0.3 is 5.32 Å². The number of nitrogens with one attached hydrogen (secondary N) is 1. The smallest absolute Gasteiger partial charge is 0.0278 e. The van der Waals surface area contributed by atoms with Gasteiger partial charge in [-0.3, -0.25) is 4.90 Å². The second-order valence-electron chi connectivity index (χ2n) is 5.77. The maximum absolute atomic E-state index is 3.75. The molecule has 1 fully saturated rings. The van der Waals surface area contributed by atoms with E-state index in [0.717, 1.165) is 13.1 Å². The van der Waals surface area contributed by atoms with E-state index in [2.05, 4.69) is 47.8 Å². The summed E-state index contributed by atoms with van der Waals surface area (Å²) in [6.07, 6.45) is 3.78. The Morgan fingerprint density at radius 1 is 1.50 bits per heavy atom. The average Bonchev–Trinajstić information content (AvgIpc) is 2.86. The second kappa shape index (κ2) is 6.18. The van der Waals surface area contributed by atoms with E-state index in [4.69, 9.17) is 0 Å². The fourth-order valence-corrected chi connectivity index (χ4v) is 3.44. The van der Waals surface area contributed by atoms with Crippen LogP contribution in [0.4, 0.5) is 0 Å². The zero-order valence-electron chi connectivity index (χ0n) is 11.9. The third-order valence-electron chi connectivity index (χ3n) is 4.20. The summed E-state index contributed by atoms with van der Waals surface area (Å²) in [6, 6.07) is 2.97. The molecular weight excluding hydrogens is 240 g/mol. The van der Waals surface area contributed by atoms with Crippen molar-refractivity contribution in [3.05, 3.63) is 22.4 Å². The molecule has 1 saturated heterocycles. The van der Waals surface area contributed by atoms with Crippen molar-refractivity contribution in [1.29, 1.82) is 0 Å². The first-order valence-corrected chi connectivity index (χ1v) is 8.11. The molecule has 3 heteroatoms. The maximum atomic E-state index is 3.75. The van der Waals surface area contributed by atoms with Gasteiger partial charge >= 0.3 is 0 Å². The lowest BCUT2D eigenvalue weighted by Gasteiger charge is -2.46. The predicted octanol–water partition coefficient (Wildman–Crippen LogP) is 3.49. The van der Waals surface area contributed by atoms with Crippen LogP contribution in [0.1, 0.15) is 45.6 Å². The number of hydrogen-bond donors (Lipinski definition) is 1. The minimum atomic E-state index is 0.292. The molecule has 2 atom stereocenters. The van der Waals surface area contributed by atoms with Gasteiger partial charge in [0.05, 0.1) is 0 Å². The largest absolute Gasteiger partial charge is 0.309 e. The second-order valence-corrected chi connectivity index (χ2v) is 6.55. The van der Waals surface area contributed by atoms with Gasteiger partial charge in [0.2, 0.25) is 0 Å². The SMILES string of the molecule is CCCC1CNC(C)(CC)CN1Cc1ccsc1. The number of nitrogens with zero attached hydrogens (tertiary/aromatic N) is 1. The number of piperazine rings is 1. The van der Waals surface area contributed by atoms with Crippen LogP contribution in [0, 0.1) is 0 Å². The number of thiophene rings is 1. The Hall–Kier alpha value is -0.380. The van der Waals surface area contributed by atoms with E-state index < -0.39 is 0 Å². The fourth-order valence-electron chi connectivity index (χ4n) is 2.78. The third-order valence-corrected chi connectivity index (χ3v) is 4.93. The number of rotatable bonds is 5. The van der Waals surface area contributed by atoms with E-state index in [1.165, 1.54) is 31.4 Å². The molecule has 2 rings (SSSR count). The van der Waals surface area contributed by atoms with E-state index in [9.17, 15) is 0 Å². The molecule has 2 nitrogen and oxygen atoms in total. The zero-order chi connectivity index (χ0) is 13.0. The van der Waals surface area contributed by atoms with E-state index in [1.54, 1.807) is 11.3 Å². The Bertz CT molecular complexity index is 349. The summed E-state index contributed by atoms with van der Waals surface area (Å²) in [5.74, 6) is 0. The summed E-state index contributed by atoms with van der Waals surface area (Å²) in [6.45, 7) is 10.4. The third kappa shape index (κ3) is 3.34. The van der Waals surface area contributed by atoms with Crippen molar-refractivity contribution < 1.29 is 0 Å². The fraction of sp³-hybridized carbons (Fsp3) is 0.733. The monoisotopic (exact) mass is 266 g/mol. The molecule has 2 heterocycles. The summed E-state index contributed by atoms with van der Waals surface area (Å²) in [5, 5.41) is 8.22. The number of hydrogen-bond acceptors (Lipinski definition) is 3. The normalized spacial score (nSPS) is 29.6. The van der Waals surface area contributed by atoms with Crippen LogP contribution in [0.5, 0.6) is 0 Å². The molecule has 0 amide bonds. The summed E-state index contributed by atoms with van der Waals surface area (Å²) < 4.78 is 0. The van der Waals surface area contributed by atoms with Crippen molar-refractivity contribution in [3.8, 4) is 0 Å². The molecule has 0 aromatic carbocycles. The Balaban J connectivity index is 2.04. The quantitative estimate of drug-likeness (QED) is 0.877. The molecule has 2 unspecified atom stereocenters. The van der Waals surface area contributed by atoms with Gasteiger partial charge in [-0.05, 0) is 42.2 Å². The molecule has 0 aliphatic carbocycles. The van der Waals surface area contributed by atoms with Crippen molar-refractivity contribution >= 4 is 11.3 Å². The molecular formula is C15H26N2S. The van der Waals surface area contributed by atoms with Gasteiger partial charge in [0.15, 0.2) is 0 Å². The van der Waals surface area contributed by atoms with Crippen LogP contribution in [0.15, 0.2) is 16.8 Å². The van der Waals surface area contributed by atoms with Gasteiger partial charge in [-0.25, -0.2) is 0 Å². The minimum absolute atomic E-state index is 0.292. The molecule has 0 spiro atoms. The van der Waals surface area contributed by atoms with Crippen LogP contribution >= 0.6 is 11.3 Å². The van der Waals surface area contributed by atoms with Crippen molar-refractivity contribution in [3.63, 3.8) is 0 Å². The topological polar surface area (TPSA) is 15.3 Å². The maximum Gasteiger partial charge on any atom is 0.0278 e. The standard InChI is InChI=1S/C15H26N2S/c1-4-6-14-9-16-15(3,5-2)12-17(14)10-13-7-8-18-11-13/h7-8,11,14,16H,4-6,9-10,12H2,1-3H3. The summed E-state index contributed by atoms with van der Waals surface area (Å²) in [5.41, 5.74) is 1.77. The highest BCUT2D eigenvalue weighted by Gasteiger charge is 2.33. The molecule has 1 aromatic heterocycles. The van der Waals surface area contributed by atoms with Crippen LogP contribution in [0.3, 0.4) is 0 Å². The van der Waals surface area contributed by atoms with Crippen molar-refractivity contribution in [1.82, 2.24) is 10.2 Å². The lowest BCUT2D eigenvalue weighted by molar-refractivity contribution is 0.0727. The van der Waals surface area contributed by atoms with Gasteiger partial charge in [0.25, 0.3) is 0 Å². The molecule has 1 aliphatic rings. The average molecular weight is 266 g/mol.